The lowest BCUT2D eigenvalue weighted by molar-refractivity contribution is -0.143. The number of nitrogens with zero attached hydrogens (tertiary/aromatic N) is 1. The van der Waals surface area contributed by atoms with Crippen molar-refractivity contribution in [1.82, 2.24) is 15.9 Å². The number of rotatable bonds is 14. The third-order valence-electron chi connectivity index (χ3n) is 5.90. The van der Waals surface area contributed by atoms with Crippen LogP contribution in [0.5, 0.6) is 0 Å². The fourth-order valence-corrected chi connectivity index (χ4v) is 3.93. The Labute approximate surface area is 211 Å². The van der Waals surface area contributed by atoms with E-state index in [1.807, 2.05) is 42.5 Å². The van der Waals surface area contributed by atoms with Gasteiger partial charge < -0.3 is 4.74 Å². The van der Waals surface area contributed by atoms with Crippen molar-refractivity contribution in [2.24, 2.45) is 0 Å². The van der Waals surface area contributed by atoms with Gasteiger partial charge in [-0.05, 0) is 42.7 Å². The molecule has 0 aliphatic rings. The SMILES string of the molecule is CCOC(=O)CCCNONC(Cc1ccccc1)(c1cccc(C(F)(F)CC)c1)c1ccccn1. The van der Waals surface area contributed by atoms with Gasteiger partial charge in [0.2, 0.25) is 0 Å². The Balaban J connectivity index is 1.94. The van der Waals surface area contributed by atoms with Crippen molar-refractivity contribution in [3.63, 3.8) is 0 Å². The van der Waals surface area contributed by atoms with E-state index in [2.05, 4.69) is 15.9 Å². The molecule has 1 atom stereocenters. The number of nitrogens with one attached hydrogen (secondary N) is 2. The summed E-state index contributed by atoms with van der Waals surface area (Å²) in [5, 5.41) is 0. The van der Waals surface area contributed by atoms with E-state index in [4.69, 9.17) is 9.68 Å². The maximum absolute atomic E-state index is 14.7. The van der Waals surface area contributed by atoms with Gasteiger partial charge in [-0.25, -0.2) is 13.7 Å². The first kappa shape index (κ1) is 27.4. The molecule has 0 aliphatic heterocycles. The third kappa shape index (κ3) is 7.16. The van der Waals surface area contributed by atoms with Crippen LogP contribution in [-0.2, 0) is 32.4 Å². The molecule has 0 bridgehead atoms. The minimum Gasteiger partial charge on any atom is -0.466 e. The van der Waals surface area contributed by atoms with E-state index in [0.717, 1.165) is 5.56 Å². The first-order valence-electron chi connectivity index (χ1n) is 12.2. The second-order valence-electron chi connectivity index (χ2n) is 8.43. The molecule has 36 heavy (non-hydrogen) atoms. The Morgan fingerprint density at radius 3 is 2.42 bits per heavy atom. The number of halogens is 2. The second kappa shape index (κ2) is 13.2. The van der Waals surface area contributed by atoms with Crippen LogP contribution in [0.15, 0.2) is 79.0 Å². The highest BCUT2D eigenvalue weighted by molar-refractivity contribution is 5.69. The van der Waals surface area contributed by atoms with Crippen molar-refractivity contribution in [1.29, 1.82) is 0 Å². The van der Waals surface area contributed by atoms with Gasteiger partial charge in [0.25, 0.3) is 5.92 Å². The standard InChI is InChI=1S/C28H33F2N3O3/c1-3-28(29,30)24-15-10-14-23(20-24)27(25-16-8-9-18-31-25,21-22-12-6-5-7-13-22)33-36-32-19-11-17-26(34)35-4-2/h5-10,12-16,18,20,32-33H,3-4,11,17,19,21H2,1-2H3. The van der Waals surface area contributed by atoms with E-state index in [1.165, 1.54) is 19.1 Å². The number of hydrogen-bond acceptors (Lipinski definition) is 6. The van der Waals surface area contributed by atoms with Crippen molar-refractivity contribution in [2.45, 2.75) is 51.0 Å². The summed E-state index contributed by atoms with van der Waals surface area (Å²) in [5.41, 5.74) is 6.92. The molecule has 6 nitrogen and oxygen atoms in total. The molecule has 3 rings (SSSR count). The Bertz CT molecular complexity index is 1080. The van der Waals surface area contributed by atoms with Crippen LogP contribution in [0.2, 0.25) is 0 Å². The molecule has 0 saturated heterocycles. The maximum atomic E-state index is 14.7. The van der Waals surface area contributed by atoms with Gasteiger partial charge in [-0.2, -0.15) is 11.0 Å². The number of aromatic nitrogens is 1. The predicted molar refractivity (Wildman–Crippen MR) is 134 cm³/mol. The molecule has 2 N–H and O–H groups in total. The number of carbonyl (C=O) groups excluding carboxylic acids is 1. The monoisotopic (exact) mass is 497 g/mol. The van der Waals surface area contributed by atoms with Crippen molar-refractivity contribution in [2.75, 3.05) is 13.2 Å². The predicted octanol–water partition coefficient (Wildman–Crippen LogP) is 5.44. The van der Waals surface area contributed by atoms with Crippen molar-refractivity contribution >= 4 is 5.97 Å². The summed E-state index contributed by atoms with van der Waals surface area (Å²) < 4.78 is 34.3. The first-order chi connectivity index (χ1) is 17.4. The van der Waals surface area contributed by atoms with Gasteiger partial charge in [0.05, 0.1) is 12.3 Å². The van der Waals surface area contributed by atoms with Crippen molar-refractivity contribution < 1.29 is 23.3 Å². The van der Waals surface area contributed by atoms with Crippen LogP contribution < -0.4 is 11.0 Å². The Morgan fingerprint density at radius 2 is 1.72 bits per heavy atom. The normalized spacial score (nSPS) is 13.2. The molecule has 192 valence electrons. The molecule has 1 aromatic heterocycles. The van der Waals surface area contributed by atoms with E-state index in [1.54, 1.807) is 31.3 Å². The zero-order valence-corrected chi connectivity index (χ0v) is 20.7. The lowest BCUT2D eigenvalue weighted by atomic mass is 9.80. The third-order valence-corrected chi connectivity index (χ3v) is 5.90. The van der Waals surface area contributed by atoms with Crippen LogP contribution in [0.4, 0.5) is 8.78 Å². The van der Waals surface area contributed by atoms with Crippen LogP contribution in [-0.4, -0.2) is 24.1 Å². The number of ether oxygens (including phenoxy) is 1. The molecule has 1 unspecified atom stereocenters. The second-order valence-corrected chi connectivity index (χ2v) is 8.43. The Kier molecular flexibility index (Phi) is 10.0. The number of alkyl halides is 2. The molecule has 0 saturated carbocycles. The highest BCUT2D eigenvalue weighted by atomic mass is 19.3. The summed E-state index contributed by atoms with van der Waals surface area (Å²) in [6, 6.07) is 21.6. The molecule has 0 radical (unpaired) electrons. The first-order valence-corrected chi connectivity index (χ1v) is 12.2. The van der Waals surface area contributed by atoms with Gasteiger partial charge in [0.15, 0.2) is 0 Å². The van der Waals surface area contributed by atoms with Gasteiger partial charge in [-0.15, -0.1) is 0 Å². The minimum atomic E-state index is -2.97. The van der Waals surface area contributed by atoms with Crippen LogP contribution in [0, 0.1) is 0 Å². The van der Waals surface area contributed by atoms with Gasteiger partial charge in [0, 0.05) is 37.6 Å². The number of esters is 1. The number of hydroxylamine groups is 2. The van der Waals surface area contributed by atoms with Crippen molar-refractivity contribution in [3.05, 3.63) is 101 Å². The van der Waals surface area contributed by atoms with Gasteiger partial charge >= 0.3 is 5.97 Å². The average Bonchev–Trinajstić information content (AvgIpc) is 2.91. The molecule has 0 fully saturated rings. The number of benzene rings is 2. The molecule has 0 amide bonds. The summed E-state index contributed by atoms with van der Waals surface area (Å²) in [7, 11) is 0. The van der Waals surface area contributed by atoms with Crippen LogP contribution in [0.25, 0.3) is 0 Å². The largest absolute Gasteiger partial charge is 0.466 e. The minimum absolute atomic E-state index is 0.0694. The zero-order chi connectivity index (χ0) is 25.9. The summed E-state index contributed by atoms with van der Waals surface area (Å²) in [4.78, 5) is 21.8. The van der Waals surface area contributed by atoms with E-state index >= 15 is 0 Å². The highest BCUT2D eigenvalue weighted by Gasteiger charge is 2.39. The van der Waals surface area contributed by atoms with E-state index < -0.39 is 11.5 Å². The number of hydrogen-bond donors (Lipinski definition) is 2. The molecule has 2 aromatic carbocycles. The molecule has 0 aliphatic carbocycles. The fourth-order valence-electron chi connectivity index (χ4n) is 3.93. The van der Waals surface area contributed by atoms with E-state index in [9.17, 15) is 13.6 Å². The van der Waals surface area contributed by atoms with Gasteiger partial charge in [-0.3, -0.25) is 9.78 Å². The van der Waals surface area contributed by atoms with E-state index in [0.29, 0.717) is 37.3 Å². The lowest BCUT2D eigenvalue weighted by Gasteiger charge is -2.35. The summed E-state index contributed by atoms with van der Waals surface area (Å²) in [5.74, 6) is -3.24. The summed E-state index contributed by atoms with van der Waals surface area (Å²) >= 11 is 0. The molecule has 1 heterocycles. The number of carbonyl (C=O) groups is 1. The van der Waals surface area contributed by atoms with Crippen LogP contribution in [0.3, 0.4) is 0 Å². The lowest BCUT2D eigenvalue weighted by Crippen LogP contribution is -2.48. The average molecular weight is 498 g/mol. The molecular weight excluding hydrogens is 464 g/mol. The summed E-state index contributed by atoms with van der Waals surface area (Å²) in [6.45, 7) is 3.94. The van der Waals surface area contributed by atoms with Crippen LogP contribution >= 0.6 is 0 Å². The topological polar surface area (TPSA) is 72.5 Å². The molecule has 3 aromatic rings. The molecule has 0 spiro atoms. The Morgan fingerprint density at radius 1 is 0.972 bits per heavy atom. The highest BCUT2D eigenvalue weighted by Crippen LogP contribution is 2.37. The van der Waals surface area contributed by atoms with Gasteiger partial charge in [0.1, 0.15) is 5.54 Å². The summed E-state index contributed by atoms with van der Waals surface area (Å²) in [6.07, 6.45) is 2.50. The van der Waals surface area contributed by atoms with Crippen LogP contribution in [0.1, 0.15) is 55.5 Å². The fraction of sp³-hybridized carbons (Fsp3) is 0.357. The molecule has 8 heteroatoms. The smallest absolute Gasteiger partial charge is 0.305 e. The molecular formula is C28H33F2N3O3. The Hall–Kier alpha value is -3.20. The zero-order valence-electron chi connectivity index (χ0n) is 20.7. The maximum Gasteiger partial charge on any atom is 0.305 e. The van der Waals surface area contributed by atoms with Gasteiger partial charge in [-0.1, -0.05) is 61.5 Å². The van der Waals surface area contributed by atoms with Crippen molar-refractivity contribution in [3.8, 4) is 0 Å². The van der Waals surface area contributed by atoms with E-state index in [-0.39, 0.29) is 24.4 Å². The number of pyridine rings is 1. The quantitative estimate of drug-likeness (QED) is 0.176.